The molecule has 1 aliphatic rings. The second kappa shape index (κ2) is 67.9. The number of hydrogen-bond donors (Lipinski definition) is 0. The van der Waals surface area contributed by atoms with E-state index in [9.17, 15) is 5.53 Å². The SMILES string of the molecule is CCCC=CC1=C(c2cc(CCCCCC)c(CCCCCC)c(CCCCCC)c2)[N+](=[N-])C(c2cc(CCCCCC)c(CCCCCC)c(CCCCCC)c2)=C1CCCC.CCCCCCCCCCCCCCCC[CH2][Ni][CH2]CCCCCCCCCCCCCCCC. The first-order valence-electron chi connectivity index (χ1n) is 44.7. The zero-order valence-electron chi connectivity index (χ0n) is 68.1. The van der Waals surface area contributed by atoms with Gasteiger partial charge in [-0.15, -0.1) is 0 Å². The average molecular weight is 1400 g/mol. The van der Waals surface area contributed by atoms with Crippen LogP contribution in [0.25, 0.3) is 16.9 Å². The van der Waals surface area contributed by atoms with E-state index in [2.05, 4.69) is 106 Å². The summed E-state index contributed by atoms with van der Waals surface area (Å²) in [6.45, 7) is 23.2. The molecule has 570 valence electrons. The Morgan fingerprint density at radius 2 is 0.510 bits per heavy atom. The minimum atomic E-state index is 0.984. The van der Waals surface area contributed by atoms with Crippen LogP contribution < -0.4 is 0 Å². The third-order valence-electron chi connectivity index (χ3n) is 21.6. The molecule has 2 aromatic rings. The molecule has 0 unspecified atom stereocenters. The molecule has 0 saturated carbocycles. The molecule has 0 bridgehead atoms. The number of rotatable bonds is 70. The van der Waals surface area contributed by atoms with E-state index in [0.717, 1.165) is 69.2 Å². The van der Waals surface area contributed by atoms with Crippen molar-refractivity contribution in [1.82, 2.24) is 0 Å². The fourth-order valence-electron chi connectivity index (χ4n) is 15.3. The van der Waals surface area contributed by atoms with Crippen LogP contribution in [0.1, 0.15) is 493 Å². The van der Waals surface area contributed by atoms with E-state index in [-0.39, 0.29) is 0 Å². The van der Waals surface area contributed by atoms with Gasteiger partial charge in [0.1, 0.15) is 0 Å². The van der Waals surface area contributed by atoms with E-state index in [1.165, 1.54) is 393 Å². The van der Waals surface area contributed by atoms with Crippen LogP contribution in [0.2, 0.25) is 10.8 Å². The van der Waals surface area contributed by atoms with Crippen molar-refractivity contribution >= 4 is 11.4 Å². The van der Waals surface area contributed by atoms with Crippen LogP contribution in [-0.4, -0.2) is 4.70 Å². The number of hydrogen-bond acceptors (Lipinski definition) is 0. The predicted octanol–water partition coefficient (Wildman–Crippen LogP) is 33.8. The van der Waals surface area contributed by atoms with E-state index in [1.54, 1.807) is 38.1 Å². The van der Waals surface area contributed by atoms with Crippen molar-refractivity contribution in [2.24, 2.45) is 0 Å². The van der Waals surface area contributed by atoms with E-state index >= 15 is 0 Å². The second-order valence-corrected chi connectivity index (χ2v) is 32.5. The van der Waals surface area contributed by atoms with Crippen LogP contribution in [0.5, 0.6) is 0 Å². The topological polar surface area (TPSA) is 25.3 Å². The van der Waals surface area contributed by atoms with Gasteiger partial charge in [-0.25, -0.2) is 4.70 Å². The van der Waals surface area contributed by atoms with Crippen molar-refractivity contribution in [1.29, 1.82) is 0 Å². The molecule has 0 N–H and O–H groups in total. The minimum Gasteiger partial charge on any atom is -0.0654 e. The Balaban J connectivity index is 0.000000791. The van der Waals surface area contributed by atoms with Gasteiger partial charge in [-0.3, -0.25) is 0 Å². The van der Waals surface area contributed by atoms with Gasteiger partial charge in [0.2, 0.25) is 11.4 Å². The number of aryl methyl sites for hydroxylation is 4. The molecular weight excluding hydrogens is 1230 g/mol. The van der Waals surface area contributed by atoms with Crippen LogP contribution in [0.15, 0.2) is 47.6 Å². The van der Waals surface area contributed by atoms with Gasteiger partial charge in [-0.1, -0.05) is 261 Å². The Morgan fingerprint density at radius 1 is 0.265 bits per heavy atom. The van der Waals surface area contributed by atoms with Crippen molar-refractivity contribution in [3.63, 3.8) is 0 Å². The predicted molar refractivity (Wildman–Crippen MR) is 440 cm³/mol. The molecule has 0 radical (unpaired) electrons. The first-order chi connectivity index (χ1) is 48.3. The zero-order chi connectivity index (χ0) is 70.8. The van der Waals surface area contributed by atoms with Crippen molar-refractivity contribution < 1.29 is 19.1 Å². The van der Waals surface area contributed by atoms with E-state index in [1.807, 2.05) is 14.4 Å². The molecule has 0 aromatic heterocycles. The molecule has 1 aliphatic heterocycles. The summed E-state index contributed by atoms with van der Waals surface area (Å²) in [4.78, 5) is 0. The van der Waals surface area contributed by atoms with Crippen LogP contribution in [0.3, 0.4) is 0 Å². The van der Waals surface area contributed by atoms with Crippen molar-refractivity contribution in [3.8, 4) is 0 Å². The van der Waals surface area contributed by atoms with Gasteiger partial charge in [0, 0.05) is 16.7 Å². The van der Waals surface area contributed by atoms with E-state index < -0.39 is 0 Å². The summed E-state index contributed by atoms with van der Waals surface area (Å²) in [6, 6.07) is 10.2. The summed E-state index contributed by atoms with van der Waals surface area (Å²) in [6.07, 6.45) is 92.3. The monoisotopic (exact) mass is 1400 g/mol. The Bertz CT molecular complexity index is 2140. The molecular formula is C95H170N2Ni. The van der Waals surface area contributed by atoms with Crippen LogP contribution in [0.4, 0.5) is 0 Å². The quantitative estimate of drug-likeness (QED) is 0.0358. The second-order valence-electron chi connectivity index (χ2n) is 31.0. The first kappa shape index (κ1) is 91.8. The fourth-order valence-corrected chi connectivity index (χ4v) is 16.6. The molecule has 3 rings (SSSR count). The maximum absolute atomic E-state index is 13.1. The third-order valence-corrected chi connectivity index (χ3v) is 23.0. The van der Waals surface area contributed by atoms with Gasteiger partial charge < -0.3 is 5.53 Å². The molecule has 2 aromatic carbocycles. The number of benzene rings is 2. The molecule has 0 atom stereocenters. The number of unbranched alkanes of at least 4 members (excludes halogenated alkanes) is 48. The van der Waals surface area contributed by atoms with Gasteiger partial charge >= 0.3 is 166 Å². The number of nitrogens with zero attached hydrogens (tertiary/aromatic N) is 2. The molecule has 3 heteroatoms. The van der Waals surface area contributed by atoms with E-state index in [4.69, 9.17) is 0 Å². The molecule has 98 heavy (non-hydrogen) atoms. The summed E-state index contributed by atoms with van der Waals surface area (Å²) in [7, 11) is 0. The first-order valence-corrected chi connectivity index (χ1v) is 46.1. The van der Waals surface area contributed by atoms with Crippen molar-refractivity contribution in [2.75, 3.05) is 0 Å². The normalized spacial score (nSPS) is 12.7. The van der Waals surface area contributed by atoms with Crippen molar-refractivity contribution in [2.45, 2.75) is 497 Å². The Hall–Kier alpha value is -2.25. The summed E-state index contributed by atoms with van der Waals surface area (Å²) < 4.78 is 1.71. The standard InChI is InChI=1S/C61H100N2.2C17H35.Ni/c1-9-17-25-32-38-50-46-54(47-51(39-33-26-18-10-2)56(50)43-36-29-21-13-5)60-58(42-24-16-8)59(45-31-23-15-7)61(63(60)62)55-48-52(40-34-27-19-11-3)57(44-37-30-22-14-6)53(49-55)41-35-28-20-12-4;2*1-3-5-7-9-11-13-15-17-16-14-12-10-8-6-4-2;/h31,45-49H,9-30,32-44H2,1-8H3;2*1,3-17H2,2H3;. The van der Waals surface area contributed by atoms with Crippen LogP contribution in [-0.2, 0) is 53.0 Å². The Labute approximate surface area is 621 Å². The molecule has 2 nitrogen and oxygen atoms in total. The third kappa shape index (κ3) is 44.4. The molecule has 0 fully saturated rings. The average Bonchev–Trinajstić information content (AvgIpc) is 1.59. The summed E-state index contributed by atoms with van der Waals surface area (Å²) in [5.41, 5.74) is 29.8. The van der Waals surface area contributed by atoms with E-state index in [0.29, 0.717) is 0 Å². The number of allylic oxidation sites excluding steroid dienone is 4. The van der Waals surface area contributed by atoms with Crippen molar-refractivity contribution in [3.05, 3.63) is 97.6 Å². The maximum atomic E-state index is 13.1. The van der Waals surface area contributed by atoms with Crippen LogP contribution >= 0.6 is 0 Å². The summed E-state index contributed by atoms with van der Waals surface area (Å²) in [5.74, 6) is 0. The van der Waals surface area contributed by atoms with Gasteiger partial charge in [0.25, 0.3) is 0 Å². The summed E-state index contributed by atoms with van der Waals surface area (Å²) >= 11 is 2.04. The van der Waals surface area contributed by atoms with Gasteiger partial charge in [0.05, 0.1) is 5.57 Å². The Kier molecular flexibility index (Phi) is 63.6. The van der Waals surface area contributed by atoms with Gasteiger partial charge in [0.15, 0.2) is 0 Å². The smallest absolute Gasteiger partial charge is 0.0654 e. The molecule has 0 spiro atoms. The zero-order valence-corrected chi connectivity index (χ0v) is 69.0. The minimum absolute atomic E-state index is 0.984. The Morgan fingerprint density at radius 3 is 0.786 bits per heavy atom. The van der Waals surface area contributed by atoms with Crippen LogP contribution in [0, 0.1) is 0 Å². The van der Waals surface area contributed by atoms with Gasteiger partial charge in [-0.2, -0.15) is 0 Å². The van der Waals surface area contributed by atoms with Gasteiger partial charge in [-0.05, 0) is 154 Å². The fraction of sp³-hybridized carbons (Fsp3) is 0.811. The molecule has 0 aliphatic carbocycles. The molecule has 0 saturated heterocycles. The molecule has 0 amide bonds. The summed E-state index contributed by atoms with van der Waals surface area (Å²) in [5, 5.41) is 2.87. The molecule has 1 heterocycles.